The summed E-state index contributed by atoms with van der Waals surface area (Å²) in [7, 11) is 0. The number of carbonyl (C=O) groups is 3. The lowest BCUT2D eigenvalue weighted by atomic mass is 10.1. The quantitative estimate of drug-likeness (QED) is 0.0810. The Bertz CT molecular complexity index is 2210. The van der Waals surface area contributed by atoms with Crippen molar-refractivity contribution in [3.8, 4) is 5.75 Å². The highest BCUT2D eigenvalue weighted by Crippen LogP contribution is 2.37. The number of benzene rings is 6. The highest BCUT2D eigenvalue weighted by Gasteiger charge is 2.23. The Labute approximate surface area is 318 Å². The molecular formula is C44H36ClN3O4S. The Hall–Kier alpha value is -6.09. The molecule has 0 saturated heterocycles. The first-order valence-corrected chi connectivity index (χ1v) is 18.1. The summed E-state index contributed by atoms with van der Waals surface area (Å²) in [5.74, 6) is -0.489. The number of hydrogen-bond acceptors (Lipinski definition) is 5. The fraction of sp³-hybridized carbons (Fsp3) is 0.0682. The highest BCUT2D eigenvalue weighted by atomic mass is 35.5. The van der Waals surface area contributed by atoms with Crippen LogP contribution in [0.3, 0.4) is 0 Å². The van der Waals surface area contributed by atoms with Gasteiger partial charge in [-0.1, -0.05) is 115 Å². The van der Waals surface area contributed by atoms with Crippen LogP contribution in [0.5, 0.6) is 5.75 Å². The lowest BCUT2D eigenvalue weighted by molar-refractivity contribution is -0.116. The van der Waals surface area contributed by atoms with Crippen molar-refractivity contribution in [2.45, 2.75) is 23.7 Å². The summed E-state index contributed by atoms with van der Waals surface area (Å²) in [5, 5.41) is 8.67. The van der Waals surface area contributed by atoms with Crippen molar-refractivity contribution in [2.75, 3.05) is 10.6 Å². The summed E-state index contributed by atoms with van der Waals surface area (Å²) in [6, 6.07) is 47.9. The number of halogens is 1. The van der Waals surface area contributed by atoms with Crippen LogP contribution >= 0.6 is 23.4 Å². The maximum atomic E-state index is 13.8. The Balaban J connectivity index is 1.21. The molecule has 0 aliphatic carbocycles. The largest absolute Gasteiger partial charge is 0.489 e. The van der Waals surface area contributed by atoms with Gasteiger partial charge in [-0.2, -0.15) is 0 Å². The van der Waals surface area contributed by atoms with Gasteiger partial charge in [-0.3, -0.25) is 14.4 Å². The van der Waals surface area contributed by atoms with Gasteiger partial charge >= 0.3 is 0 Å². The summed E-state index contributed by atoms with van der Waals surface area (Å²) in [4.78, 5) is 41.6. The summed E-state index contributed by atoms with van der Waals surface area (Å²) < 4.78 is 5.92. The van der Waals surface area contributed by atoms with E-state index in [4.69, 9.17) is 16.3 Å². The molecule has 0 aromatic heterocycles. The molecule has 0 fully saturated rings. The maximum absolute atomic E-state index is 13.8. The molecule has 6 aromatic rings. The van der Waals surface area contributed by atoms with E-state index < -0.39 is 17.1 Å². The first kappa shape index (κ1) is 36.7. The maximum Gasteiger partial charge on any atom is 0.272 e. The Kier molecular flexibility index (Phi) is 12.4. The van der Waals surface area contributed by atoms with E-state index in [1.807, 2.05) is 110 Å². The lowest BCUT2D eigenvalue weighted by Crippen LogP contribution is -2.30. The zero-order chi connectivity index (χ0) is 37.0. The molecule has 6 aromatic carbocycles. The molecule has 7 nitrogen and oxygen atoms in total. The van der Waals surface area contributed by atoms with Crippen LogP contribution in [0.2, 0.25) is 5.02 Å². The van der Waals surface area contributed by atoms with Crippen molar-refractivity contribution in [3.63, 3.8) is 0 Å². The number of anilines is 2. The molecule has 1 unspecified atom stereocenters. The molecule has 0 aliphatic rings. The van der Waals surface area contributed by atoms with Gasteiger partial charge in [0.25, 0.3) is 11.8 Å². The van der Waals surface area contributed by atoms with E-state index in [9.17, 15) is 14.4 Å². The second-order valence-corrected chi connectivity index (χ2v) is 13.7. The van der Waals surface area contributed by atoms with E-state index >= 15 is 0 Å². The van der Waals surface area contributed by atoms with Crippen molar-refractivity contribution in [1.29, 1.82) is 0 Å². The SMILES string of the molecule is Cc1ccc(Cl)cc1NC(=O)C(Sc1cccc(NC(=O)/C(=C\c2ccc(OCc3ccccc3)cc2)NC(=O)c2ccccc2)c1)c1ccccc1. The summed E-state index contributed by atoms with van der Waals surface area (Å²) in [5.41, 5.74) is 5.02. The van der Waals surface area contributed by atoms with E-state index in [-0.39, 0.29) is 11.6 Å². The van der Waals surface area contributed by atoms with Gasteiger partial charge in [-0.15, -0.1) is 11.8 Å². The molecule has 0 saturated carbocycles. The molecule has 3 N–H and O–H groups in total. The number of amides is 3. The molecule has 1 atom stereocenters. The number of thioether (sulfide) groups is 1. The van der Waals surface area contributed by atoms with Gasteiger partial charge in [-0.25, -0.2) is 0 Å². The number of nitrogens with one attached hydrogen (secondary N) is 3. The van der Waals surface area contributed by atoms with E-state index in [0.717, 1.165) is 21.6 Å². The third-order valence-electron chi connectivity index (χ3n) is 8.11. The summed E-state index contributed by atoms with van der Waals surface area (Å²) >= 11 is 7.58. The minimum atomic E-state index is -0.610. The average Bonchev–Trinajstić information content (AvgIpc) is 3.19. The summed E-state index contributed by atoms with van der Waals surface area (Å²) in [6.45, 7) is 2.33. The lowest BCUT2D eigenvalue weighted by Gasteiger charge is -2.19. The predicted molar refractivity (Wildman–Crippen MR) is 214 cm³/mol. The van der Waals surface area contributed by atoms with Crippen LogP contribution in [0, 0.1) is 6.92 Å². The Morgan fingerprint density at radius 3 is 2.13 bits per heavy atom. The van der Waals surface area contributed by atoms with Gasteiger partial charge in [0, 0.05) is 26.9 Å². The number of hydrogen-bond donors (Lipinski definition) is 3. The normalized spacial score (nSPS) is 11.6. The monoisotopic (exact) mass is 737 g/mol. The van der Waals surface area contributed by atoms with Gasteiger partial charge in [0.05, 0.1) is 0 Å². The van der Waals surface area contributed by atoms with Crippen molar-refractivity contribution in [3.05, 3.63) is 196 Å². The Morgan fingerprint density at radius 1 is 0.736 bits per heavy atom. The minimum absolute atomic E-state index is 0.0493. The van der Waals surface area contributed by atoms with Crippen LogP contribution in [0.1, 0.15) is 37.9 Å². The van der Waals surface area contributed by atoms with E-state index in [1.54, 1.807) is 60.7 Å². The molecule has 0 heterocycles. The average molecular weight is 738 g/mol. The first-order chi connectivity index (χ1) is 25.8. The molecule has 0 bridgehead atoms. The molecule has 0 aliphatic heterocycles. The van der Waals surface area contributed by atoms with Gasteiger partial charge < -0.3 is 20.7 Å². The van der Waals surface area contributed by atoms with Crippen LogP contribution < -0.4 is 20.7 Å². The van der Waals surface area contributed by atoms with Crippen LogP contribution in [0.25, 0.3) is 6.08 Å². The number of ether oxygens (including phenoxy) is 1. The number of carbonyl (C=O) groups excluding carboxylic acids is 3. The van der Waals surface area contributed by atoms with Gasteiger partial charge in [0.15, 0.2) is 0 Å². The zero-order valence-corrected chi connectivity index (χ0v) is 30.4. The molecule has 6 rings (SSSR count). The van der Waals surface area contributed by atoms with E-state index in [2.05, 4.69) is 16.0 Å². The van der Waals surface area contributed by atoms with Crippen LogP contribution in [-0.2, 0) is 16.2 Å². The zero-order valence-electron chi connectivity index (χ0n) is 28.8. The molecular weight excluding hydrogens is 702 g/mol. The van der Waals surface area contributed by atoms with Crippen molar-refractivity contribution >= 4 is 58.5 Å². The van der Waals surface area contributed by atoms with Crippen molar-refractivity contribution in [2.24, 2.45) is 0 Å². The molecule has 53 heavy (non-hydrogen) atoms. The summed E-state index contributed by atoms with van der Waals surface area (Å²) in [6.07, 6.45) is 1.61. The third-order valence-corrected chi connectivity index (χ3v) is 9.60. The smallest absolute Gasteiger partial charge is 0.272 e. The number of aryl methyl sites for hydroxylation is 1. The van der Waals surface area contributed by atoms with E-state index in [1.165, 1.54) is 11.8 Å². The second-order valence-electron chi connectivity index (χ2n) is 12.1. The molecule has 9 heteroatoms. The molecule has 0 spiro atoms. The molecule has 264 valence electrons. The van der Waals surface area contributed by atoms with Crippen LogP contribution in [-0.4, -0.2) is 17.7 Å². The number of rotatable bonds is 13. The topological polar surface area (TPSA) is 96.5 Å². The predicted octanol–water partition coefficient (Wildman–Crippen LogP) is 10.1. The highest BCUT2D eigenvalue weighted by molar-refractivity contribution is 8.00. The van der Waals surface area contributed by atoms with Gasteiger partial charge in [0.2, 0.25) is 5.91 Å². The van der Waals surface area contributed by atoms with Gasteiger partial charge in [-0.05, 0) is 89.9 Å². The first-order valence-electron chi connectivity index (χ1n) is 16.9. The van der Waals surface area contributed by atoms with Gasteiger partial charge in [0.1, 0.15) is 23.3 Å². The fourth-order valence-electron chi connectivity index (χ4n) is 5.32. The fourth-order valence-corrected chi connectivity index (χ4v) is 6.58. The second kappa shape index (κ2) is 17.9. The van der Waals surface area contributed by atoms with Crippen molar-refractivity contribution in [1.82, 2.24) is 5.32 Å². The Morgan fingerprint density at radius 2 is 1.42 bits per heavy atom. The van der Waals surface area contributed by atoms with Crippen LogP contribution in [0.4, 0.5) is 11.4 Å². The van der Waals surface area contributed by atoms with E-state index in [0.29, 0.717) is 39.9 Å². The third kappa shape index (κ3) is 10.5. The molecule has 3 amide bonds. The van der Waals surface area contributed by atoms with Crippen LogP contribution in [0.15, 0.2) is 168 Å². The standard InChI is InChI=1S/C44H36ClN3O4S/c1-30-20-23-35(45)27-39(30)47-44(51)41(33-14-7-3-8-15-33)53-38-19-11-18-36(28-38)46-43(50)40(48-42(49)34-16-9-4-10-17-34)26-31-21-24-37(25-22-31)52-29-32-12-5-2-6-13-32/h2-28,41H,29H2,1H3,(H,46,50)(H,47,51)(H,48,49)/b40-26+. The minimum Gasteiger partial charge on any atom is -0.489 e. The van der Waals surface area contributed by atoms with Crippen molar-refractivity contribution < 1.29 is 19.1 Å². The molecule has 0 radical (unpaired) electrons.